The van der Waals surface area contributed by atoms with E-state index in [4.69, 9.17) is 5.73 Å². The summed E-state index contributed by atoms with van der Waals surface area (Å²) in [6.45, 7) is 6.08. The molecule has 0 atom stereocenters. The standard InChI is InChI=1S/C13H15N3/c1-8-4-9(2)6-11(5-8)12-7-10(3)15-13(14)16-12/h4-7H,1-3H3,(H2,14,15,16). The van der Waals surface area contributed by atoms with Gasteiger partial charge in [0.25, 0.3) is 0 Å². The minimum Gasteiger partial charge on any atom is -0.368 e. The molecule has 0 spiro atoms. The summed E-state index contributed by atoms with van der Waals surface area (Å²) < 4.78 is 0. The van der Waals surface area contributed by atoms with Crippen molar-refractivity contribution in [3.63, 3.8) is 0 Å². The zero-order valence-electron chi connectivity index (χ0n) is 9.78. The number of rotatable bonds is 1. The normalized spacial score (nSPS) is 10.4. The molecule has 1 aromatic heterocycles. The molecule has 2 rings (SSSR count). The predicted molar refractivity (Wildman–Crippen MR) is 66.1 cm³/mol. The second-order valence-electron chi connectivity index (χ2n) is 4.13. The minimum atomic E-state index is 0.328. The van der Waals surface area contributed by atoms with E-state index in [2.05, 4.69) is 42.0 Å². The number of nitrogen functional groups attached to an aromatic ring is 1. The van der Waals surface area contributed by atoms with Crippen LogP contribution in [0.5, 0.6) is 0 Å². The molecule has 0 unspecified atom stereocenters. The van der Waals surface area contributed by atoms with Crippen LogP contribution < -0.4 is 5.73 Å². The molecule has 82 valence electrons. The average molecular weight is 213 g/mol. The highest BCUT2D eigenvalue weighted by molar-refractivity contribution is 5.62. The Bertz CT molecular complexity index is 443. The van der Waals surface area contributed by atoms with Gasteiger partial charge in [0.15, 0.2) is 0 Å². The van der Waals surface area contributed by atoms with Gasteiger partial charge in [0.05, 0.1) is 5.69 Å². The van der Waals surface area contributed by atoms with Crippen LogP contribution in [-0.4, -0.2) is 9.97 Å². The lowest BCUT2D eigenvalue weighted by molar-refractivity contribution is 1.12. The Morgan fingerprint density at radius 2 is 1.50 bits per heavy atom. The van der Waals surface area contributed by atoms with Crippen molar-refractivity contribution < 1.29 is 0 Å². The van der Waals surface area contributed by atoms with Gasteiger partial charge in [-0.15, -0.1) is 0 Å². The third-order valence-corrected chi connectivity index (χ3v) is 2.39. The molecule has 0 bridgehead atoms. The smallest absolute Gasteiger partial charge is 0.220 e. The molecule has 0 radical (unpaired) electrons. The summed E-state index contributed by atoms with van der Waals surface area (Å²) in [4.78, 5) is 8.32. The lowest BCUT2D eigenvalue weighted by Crippen LogP contribution is -1.98. The molecule has 1 heterocycles. The minimum absolute atomic E-state index is 0.328. The molecule has 16 heavy (non-hydrogen) atoms. The number of hydrogen-bond donors (Lipinski definition) is 1. The fraction of sp³-hybridized carbons (Fsp3) is 0.231. The van der Waals surface area contributed by atoms with E-state index in [-0.39, 0.29) is 0 Å². The van der Waals surface area contributed by atoms with Crippen LogP contribution in [0, 0.1) is 20.8 Å². The van der Waals surface area contributed by atoms with Gasteiger partial charge in [-0.3, -0.25) is 0 Å². The van der Waals surface area contributed by atoms with Crippen LogP contribution in [0.15, 0.2) is 24.3 Å². The molecule has 0 aliphatic heterocycles. The highest BCUT2D eigenvalue weighted by Gasteiger charge is 2.03. The number of benzene rings is 1. The highest BCUT2D eigenvalue weighted by Crippen LogP contribution is 2.21. The Balaban J connectivity index is 2.57. The molecule has 1 aromatic carbocycles. The Labute approximate surface area is 95.4 Å². The maximum absolute atomic E-state index is 5.65. The topological polar surface area (TPSA) is 51.8 Å². The van der Waals surface area contributed by atoms with E-state index in [1.807, 2.05) is 13.0 Å². The first-order valence-corrected chi connectivity index (χ1v) is 5.24. The summed E-state index contributed by atoms with van der Waals surface area (Å²) in [6, 6.07) is 8.30. The lowest BCUT2D eigenvalue weighted by Gasteiger charge is -2.06. The molecule has 0 saturated heterocycles. The second kappa shape index (κ2) is 3.93. The van der Waals surface area contributed by atoms with E-state index in [9.17, 15) is 0 Å². The molecule has 0 aliphatic rings. The Hall–Kier alpha value is -1.90. The number of aryl methyl sites for hydroxylation is 3. The number of nitrogens with two attached hydrogens (primary N) is 1. The van der Waals surface area contributed by atoms with E-state index in [0.717, 1.165) is 17.0 Å². The van der Waals surface area contributed by atoms with E-state index in [1.54, 1.807) is 0 Å². The van der Waals surface area contributed by atoms with E-state index in [0.29, 0.717) is 5.95 Å². The number of hydrogen-bond acceptors (Lipinski definition) is 3. The van der Waals surface area contributed by atoms with Crippen LogP contribution in [0.4, 0.5) is 5.95 Å². The number of nitrogens with zero attached hydrogens (tertiary/aromatic N) is 2. The fourth-order valence-corrected chi connectivity index (χ4v) is 1.86. The van der Waals surface area contributed by atoms with Gasteiger partial charge in [-0.25, -0.2) is 9.97 Å². The van der Waals surface area contributed by atoms with Crippen molar-refractivity contribution >= 4 is 5.95 Å². The third kappa shape index (κ3) is 2.19. The van der Waals surface area contributed by atoms with Gasteiger partial charge in [0, 0.05) is 11.3 Å². The van der Waals surface area contributed by atoms with Crippen molar-refractivity contribution in [1.82, 2.24) is 9.97 Å². The van der Waals surface area contributed by atoms with Crippen LogP contribution in [0.1, 0.15) is 16.8 Å². The molecular weight excluding hydrogens is 198 g/mol. The molecular formula is C13H15N3. The zero-order valence-corrected chi connectivity index (χ0v) is 9.78. The number of aromatic nitrogens is 2. The Morgan fingerprint density at radius 1 is 0.875 bits per heavy atom. The fourth-order valence-electron chi connectivity index (χ4n) is 1.86. The van der Waals surface area contributed by atoms with E-state index >= 15 is 0 Å². The van der Waals surface area contributed by atoms with Crippen molar-refractivity contribution in [1.29, 1.82) is 0 Å². The average Bonchev–Trinajstić information content (AvgIpc) is 2.14. The zero-order chi connectivity index (χ0) is 11.7. The molecule has 0 fully saturated rings. The van der Waals surface area contributed by atoms with Crippen molar-refractivity contribution in [2.75, 3.05) is 5.73 Å². The second-order valence-corrected chi connectivity index (χ2v) is 4.13. The molecule has 3 heteroatoms. The van der Waals surface area contributed by atoms with Crippen LogP contribution in [0.2, 0.25) is 0 Å². The molecule has 0 aliphatic carbocycles. The Morgan fingerprint density at radius 3 is 2.06 bits per heavy atom. The molecule has 2 aromatic rings. The predicted octanol–water partition coefficient (Wildman–Crippen LogP) is 2.65. The molecule has 0 saturated carbocycles. The van der Waals surface area contributed by atoms with Gasteiger partial charge in [-0.05, 0) is 39.0 Å². The summed E-state index contributed by atoms with van der Waals surface area (Å²) in [6.07, 6.45) is 0. The van der Waals surface area contributed by atoms with Crippen LogP contribution >= 0.6 is 0 Å². The first-order valence-electron chi connectivity index (χ1n) is 5.24. The van der Waals surface area contributed by atoms with E-state index < -0.39 is 0 Å². The van der Waals surface area contributed by atoms with Gasteiger partial charge in [0.2, 0.25) is 5.95 Å². The summed E-state index contributed by atoms with van der Waals surface area (Å²) in [5, 5.41) is 0. The summed E-state index contributed by atoms with van der Waals surface area (Å²) >= 11 is 0. The summed E-state index contributed by atoms with van der Waals surface area (Å²) in [7, 11) is 0. The SMILES string of the molecule is Cc1cc(C)cc(-c2cc(C)nc(N)n2)c1. The largest absolute Gasteiger partial charge is 0.368 e. The van der Waals surface area contributed by atoms with E-state index in [1.165, 1.54) is 11.1 Å². The summed E-state index contributed by atoms with van der Waals surface area (Å²) in [5.41, 5.74) is 11.0. The van der Waals surface area contributed by atoms with Gasteiger partial charge in [0.1, 0.15) is 0 Å². The molecule has 3 nitrogen and oxygen atoms in total. The lowest BCUT2D eigenvalue weighted by atomic mass is 10.0. The van der Waals surface area contributed by atoms with Crippen molar-refractivity contribution in [3.8, 4) is 11.3 Å². The molecule has 2 N–H and O–H groups in total. The quantitative estimate of drug-likeness (QED) is 0.792. The van der Waals surface area contributed by atoms with Crippen molar-refractivity contribution in [2.45, 2.75) is 20.8 Å². The van der Waals surface area contributed by atoms with Crippen molar-refractivity contribution in [3.05, 3.63) is 41.1 Å². The van der Waals surface area contributed by atoms with Crippen molar-refractivity contribution in [2.24, 2.45) is 0 Å². The van der Waals surface area contributed by atoms with Gasteiger partial charge in [-0.1, -0.05) is 17.2 Å². The van der Waals surface area contributed by atoms with Crippen LogP contribution in [0.25, 0.3) is 11.3 Å². The maximum atomic E-state index is 5.65. The number of anilines is 1. The Kier molecular flexibility index (Phi) is 2.60. The maximum Gasteiger partial charge on any atom is 0.220 e. The third-order valence-electron chi connectivity index (χ3n) is 2.39. The first kappa shape index (κ1) is 10.6. The summed E-state index contributed by atoms with van der Waals surface area (Å²) in [5.74, 6) is 0.328. The molecule has 0 amide bonds. The van der Waals surface area contributed by atoms with Crippen LogP contribution in [0.3, 0.4) is 0 Å². The van der Waals surface area contributed by atoms with Gasteiger partial charge >= 0.3 is 0 Å². The first-order chi connectivity index (χ1) is 7.54. The highest BCUT2D eigenvalue weighted by atomic mass is 15.0. The van der Waals surface area contributed by atoms with Gasteiger partial charge in [-0.2, -0.15) is 0 Å². The van der Waals surface area contributed by atoms with Crippen LogP contribution in [-0.2, 0) is 0 Å². The monoisotopic (exact) mass is 213 g/mol. The van der Waals surface area contributed by atoms with Gasteiger partial charge < -0.3 is 5.73 Å².